The average Bonchev–Trinajstić information content (AvgIpc) is 2.70. The van der Waals surface area contributed by atoms with Gasteiger partial charge in [-0.3, -0.25) is 4.79 Å². The Morgan fingerprint density at radius 3 is 2.35 bits per heavy atom. The fraction of sp³-hybridized carbons (Fsp3) is 0.857. The van der Waals surface area contributed by atoms with Gasteiger partial charge in [-0.2, -0.15) is 11.8 Å². The zero-order chi connectivity index (χ0) is 15.2. The molecule has 1 aliphatic rings. The molecule has 0 unspecified atom stereocenters. The maximum atomic E-state index is 12.6. The smallest absolute Gasteiger partial charge is 0.234 e. The van der Waals surface area contributed by atoms with Gasteiger partial charge in [-0.15, -0.1) is 0 Å². The predicted octanol–water partition coefficient (Wildman–Crippen LogP) is 2.33. The number of thioether (sulfide) groups is 1. The summed E-state index contributed by atoms with van der Waals surface area (Å²) in [5, 5.41) is 15.2. The lowest BCUT2D eigenvalue weighted by atomic mass is 9.78. The number of nitrogens with zero attached hydrogens (tertiary/aromatic N) is 1. The van der Waals surface area contributed by atoms with E-state index in [1.807, 2.05) is 6.26 Å². The van der Waals surface area contributed by atoms with Gasteiger partial charge in [0, 0.05) is 11.3 Å². The van der Waals surface area contributed by atoms with E-state index >= 15 is 0 Å². The van der Waals surface area contributed by atoms with E-state index in [1.54, 1.807) is 11.8 Å². The second-order valence-electron chi connectivity index (χ2n) is 6.13. The fourth-order valence-corrected chi connectivity index (χ4v) is 2.78. The summed E-state index contributed by atoms with van der Waals surface area (Å²) in [6.07, 6.45) is 7.43. The van der Waals surface area contributed by atoms with Crippen LogP contribution in [0.4, 0.5) is 0 Å². The summed E-state index contributed by atoms with van der Waals surface area (Å²) < 4.78 is -0.0211. The minimum absolute atomic E-state index is 0.0211. The molecule has 1 rings (SSSR count). The monoisotopic (exact) mass is 301 g/mol. The summed E-state index contributed by atoms with van der Waals surface area (Å²) in [5.74, 6) is -0.0457. The molecule has 1 aliphatic carbocycles. The third kappa shape index (κ3) is 4.04. The number of oxime groups is 1. The van der Waals surface area contributed by atoms with Gasteiger partial charge >= 0.3 is 0 Å². The molecule has 0 radical (unpaired) electrons. The van der Waals surface area contributed by atoms with Gasteiger partial charge in [0.05, 0.1) is 0 Å². The molecule has 0 saturated heterocycles. The normalized spacial score (nSPS) is 20.2. The number of amidine groups is 1. The Hall–Kier alpha value is -0.910. The molecule has 1 amide bonds. The zero-order valence-corrected chi connectivity index (χ0v) is 13.6. The lowest BCUT2D eigenvalue weighted by molar-refractivity contribution is -0.128. The summed E-state index contributed by atoms with van der Waals surface area (Å²) in [7, 11) is 0. The van der Waals surface area contributed by atoms with Gasteiger partial charge in [0.25, 0.3) is 0 Å². The van der Waals surface area contributed by atoms with Crippen molar-refractivity contribution in [3.63, 3.8) is 0 Å². The third-order valence-corrected chi connectivity index (χ3v) is 5.47. The minimum Gasteiger partial charge on any atom is -0.409 e. The van der Waals surface area contributed by atoms with Crippen LogP contribution in [0, 0.1) is 5.41 Å². The molecule has 6 heteroatoms. The largest absolute Gasteiger partial charge is 0.409 e. The van der Waals surface area contributed by atoms with Crippen LogP contribution in [0.1, 0.15) is 52.4 Å². The van der Waals surface area contributed by atoms with Crippen molar-refractivity contribution < 1.29 is 10.0 Å². The van der Waals surface area contributed by atoms with Gasteiger partial charge in [0.15, 0.2) is 5.84 Å². The molecule has 5 nitrogen and oxygen atoms in total. The van der Waals surface area contributed by atoms with Gasteiger partial charge in [-0.1, -0.05) is 30.8 Å². The Kier molecular flexibility index (Phi) is 6.17. The van der Waals surface area contributed by atoms with Crippen LogP contribution < -0.4 is 11.1 Å². The van der Waals surface area contributed by atoms with Crippen molar-refractivity contribution in [1.82, 2.24) is 5.32 Å². The maximum absolute atomic E-state index is 12.6. The van der Waals surface area contributed by atoms with Gasteiger partial charge < -0.3 is 16.3 Å². The van der Waals surface area contributed by atoms with E-state index in [4.69, 9.17) is 10.9 Å². The van der Waals surface area contributed by atoms with E-state index < -0.39 is 5.41 Å². The highest BCUT2D eigenvalue weighted by Crippen LogP contribution is 2.36. The Morgan fingerprint density at radius 1 is 1.35 bits per heavy atom. The van der Waals surface area contributed by atoms with Crippen molar-refractivity contribution in [3.8, 4) is 0 Å². The van der Waals surface area contributed by atoms with Crippen LogP contribution >= 0.6 is 11.8 Å². The van der Waals surface area contributed by atoms with Crippen LogP contribution in [0.2, 0.25) is 0 Å². The first kappa shape index (κ1) is 17.1. The van der Waals surface area contributed by atoms with Crippen LogP contribution in [0.3, 0.4) is 0 Å². The van der Waals surface area contributed by atoms with Crippen molar-refractivity contribution in [2.45, 2.75) is 57.1 Å². The Morgan fingerprint density at radius 2 is 1.90 bits per heavy atom. The Bertz CT molecular complexity index is 361. The molecule has 4 N–H and O–H groups in total. The number of hydrogen-bond donors (Lipinski definition) is 3. The van der Waals surface area contributed by atoms with E-state index in [0.29, 0.717) is 19.4 Å². The second-order valence-corrected chi connectivity index (χ2v) is 7.64. The molecule has 0 atom stereocenters. The summed E-state index contributed by atoms with van der Waals surface area (Å²) >= 11 is 1.71. The number of carbonyl (C=O) groups is 1. The minimum atomic E-state index is -0.834. The van der Waals surface area contributed by atoms with Gasteiger partial charge in [-0.05, 0) is 32.9 Å². The zero-order valence-electron chi connectivity index (χ0n) is 12.7. The van der Waals surface area contributed by atoms with Gasteiger partial charge in [-0.25, -0.2) is 0 Å². The number of rotatable bonds is 5. The topological polar surface area (TPSA) is 87.7 Å². The Balaban J connectivity index is 2.85. The van der Waals surface area contributed by atoms with Crippen molar-refractivity contribution in [3.05, 3.63) is 0 Å². The number of nitrogens with two attached hydrogens (primary N) is 1. The fourth-order valence-electron chi connectivity index (χ4n) is 2.56. The molecule has 0 aromatic carbocycles. The second kappa shape index (κ2) is 7.20. The summed E-state index contributed by atoms with van der Waals surface area (Å²) in [6.45, 7) is 4.75. The summed E-state index contributed by atoms with van der Waals surface area (Å²) in [6, 6.07) is 0. The SMILES string of the molecule is CSC(C)(C)CNC(=O)C1(C(N)=NO)CCCCCC1. The third-order valence-electron chi connectivity index (χ3n) is 4.22. The lowest BCUT2D eigenvalue weighted by Crippen LogP contribution is -2.51. The highest BCUT2D eigenvalue weighted by Gasteiger charge is 2.43. The van der Waals surface area contributed by atoms with E-state index in [1.165, 1.54) is 0 Å². The quantitative estimate of drug-likeness (QED) is 0.239. The standard InChI is InChI=1S/C14H27N3O2S/c1-13(2,20-3)10-16-12(18)14(11(15)17-19)8-6-4-5-7-9-14/h19H,4-10H2,1-3H3,(H2,15,17)(H,16,18). The lowest BCUT2D eigenvalue weighted by Gasteiger charge is -2.32. The van der Waals surface area contributed by atoms with Crippen LogP contribution in [-0.2, 0) is 4.79 Å². The van der Waals surface area contributed by atoms with Crippen molar-refractivity contribution >= 4 is 23.5 Å². The van der Waals surface area contributed by atoms with Gasteiger partial charge in [0.2, 0.25) is 5.91 Å². The van der Waals surface area contributed by atoms with E-state index in [2.05, 4.69) is 24.3 Å². The van der Waals surface area contributed by atoms with E-state index in [9.17, 15) is 4.79 Å². The van der Waals surface area contributed by atoms with Crippen molar-refractivity contribution in [2.24, 2.45) is 16.3 Å². The molecule has 1 saturated carbocycles. The molecule has 0 aromatic rings. The molecule has 1 fully saturated rings. The number of amides is 1. The van der Waals surface area contributed by atoms with Crippen LogP contribution in [0.15, 0.2) is 5.16 Å². The van der Waals surface area contributed by atoms with E-state index in [-0.39, 0.29) is 16.5 Å². The van der Waals surface area contributed by atoms with Crippen molar-refractivity contribution in [2.75, 3.05) is 12.8 Å². The van der Waals surface area contributed by atoms with Crippen molar-refractivity contribution in [1.29, 1.82) is 0 Å². The average molecular weight is 301 g/mol. The summed E-state index contributed by atoms with van der Waals surface area (Å²) in [4.78, 5) is 12.6. The summed E-state index contributed by atoms with van der Waals surface area (Å²) in [5.41, 5.74) is 5.03. The van der Waals surface area contributed by atoms with Crippen LogP contribution in [-0.4, -0.2) is 34.5 Å². The first-order valence-corrected chi connectivity index (χ1v) is 8.42. The molecule has 20 heavy (non-hydrogen) atoms. The number of carbonyl (C=O) groups excluding carboxylic acids is 1. The number of hydrogen-bond acceptors (Lipinski definition) is 4. The highest BCUT2D eigenvalue weighted by molar-refractivity contribution is 7.99. The molecular formula is C14H27N3O2S. The van der Waals surface area contributed by atoms with Crippen LogP contribution in [0.25, 0.3) is 0 Å². The maximum Gasteiger partial charge on any atom is 0.234 e. The molecule has 0 heterocycles. The first-order valence-electron chi connectivity index (χ1n) is 7.19. The van der Waals surface area contributed by atoms with Crippen LogP contribution in [0.5, 0.6) is 0 Å². The molecule has 116 valence electrons. The molecule has 0 spiro atoms. The van der Waals surface area contributed by atoms with Gasteiger partial charge in [0.1, 0.15) is 5.41 Å². The Labute approximate surface area is 125 Å². The molecule has 0 aliphatic heterocycles. The van der Waals surface area contributed by atoms with E-state index in [0.717, 1.165) is 25.7 Å². The molecule has 0 bridgehead atoms. The number of nitrogens with one attached hydrogen (secondary N) is 1. The highest BCUT2D eigenvalue weighted by atomic mass is 32.2. The first-order chi connectivity index (χ1) is 9.38. The molecular weight excluding hydrogens is 274 g/mol. The predicted molar refractivity (Wildman–Crippen MR) is 84.1 cm³/mol. The molecule has 0 aromatic heterocycles.